The smallest absolute Gasteiger partial charge is 0.228 e. The van der Waals surface area contributed by atoms with E-state index < -0.39 is 0 Å². The normalized spacial score (nSPS) is 13.2. The largest absolute Gasteiger partial charge is 0.385 e. The van der Waals surface area contributed by atoms with Gasteiger partial charge in [0.15, 0.2) is 0 Å². The third-order valence-corrected chi connectivity index (χ3v) is 4.00. The molecule has 0 atom stereocenters. The Kier molecular flexibility index (Phi) is 4.11. The molecule has 2 aromatic carbocycles. The molecule has 0 aromatic heterocycles. The summed E-state index contributed by atoms with van der Waals surface area (Å²) in [5, 5.41) is 6.93. The number of carbonyl (C=O) groups excluding carboxylic acids is 1. The zero-order chi connectivity index (χ0) is 14.7. The van der Waals surface area contributed by atoms with Gasteiger partial charge in [-0.15, -0.1) is 0 Å². The molecule has 3 rings (SSSR count). The average Bonchev–Trinajstić information content (AvgIpc) is 2.49. The number of halogens is 1. The zero-order valence-corrected chi connectivity index (χ0v) is 12.4. The summed E-state index contributed by atoms with van der Waals surface area (Å²) in [6, 6.07) is 13.4. The standard InChI is InChI=1S/C17H17ClN2O/c18-15-6-2-1-4-12(15)11-17(21)20-14-7-8-16-13(10-14)5-3-9-19-16/h1-2,4,6-8,10,19H,3,5,9,11H2,(H,20,21). The third-order valence-electron chi connectivity index (χ3n) is 3.64. The Morgan fingerprint density at radius 3 is 2.95 bits per heavy atom. The minimum atomic E-state index is -0.0492. The fraction of sp³-hybridized carbons (Fsp3) is 0.235. The molecule has 2 aromatic rings. The predicted molar refractivity (Wildman–Crippen MR) is 87.0 cm³/mol. The molecule has 0 saturated carbocycles. The first-order valence-electron chi connectivity index (χ1n) is 7.12. The number of benzene rings is 2. The molecule has 0 radical (unpaired) electrons. The number of fused-ring (bicyclic) bond motifs is 1. The van der Waals surface area contributed by atoms with Gasteiger partial charge in [0.2, 0.25) is 5.91 Å². The molecule has 3 nitrogen and oxygen atoms in total. The number of nitrogens with one attached hydrogen (secondary N) is 2. The second kappa shape index (κ2) is 6.19. The highest BCUT2D eigenvalue weighted by Crippen LogP contribution is 2.25. The van der Waals surface area contributed by atoms with Crippen molar-refractivity contribution in [3.8, 4) is 0 Å². The number of rotatable bonds is 3. The fourth-order valence-corrected chi connectivity index (χ4v) is 2.78. The van der Waals surface area contributed by atoms with Gasteiger partial charge in [-0.05, 0) is 48.2 Å². The molecule has 0 spiro atoms. The van der Waals surface area contributed by atoms with Crippen LogP contribution in [0.3, 0.4) is 0 Å². The maximum Gasteiger partial charge on any atom is 0.228 e. The van der Waals surface area contributed by atoms with Crippen molar-refractivity contribution in [1.82, 2.24) is 0 Å². The third kappa shape index (κ3) is 3.37. The van der Waals surface area contributed by atoms with Crippen LogP contribution < -0.4 is 10.6 Å². The molecule has 0 saturated heterocycles. The molecule has 0 bridgehead atoms. The lowest BCUT2D eigenvalue weighted by atomic mass is 10.0. The van der Waals surface area contributed by atoms with Crippen molar-refractivity contribution in [2.75, 3.05) is 17.2 Å². The van der Waals surface area contributed by atoms with Crippen molar-refractivity contribution in [2.24, 2.45) is 0 Å². The van der Waals surface area contributed by atoms with Crippen molar-refractivity contribution < 1.29 is 4.79 Å². The number of amides is 1. The number of carbonyl (C=O) groups is 1. The second-order valence-corrected chi connectivity index (χ2v) is 5.63. The molecule has 1 aliphatic heterocycles. The highest BCUT2D eigenvalue weighted by atomic mass is 35.5. The minimum absolute atomic E-state index is 0.0492. The molecule has 108 valence electrons. The summed E-state index contributed by atoms with van der Waals surface area (Å²) in [6.45, 7) is 1.02. The molecule has 0 unspecified atom stereocenters. The fourth-order valence-electron chi connectivity index (χ4n) is 2.57. The number of hydrogen-bond acceptors (Lipinski definition) is 2. The molecule has 21 heavy (non-hydrogen) atoms. The predicted octanol–water partition coefficient (Wildman–Crippen LogP) is 3.88. The Bertz CT molecular complexity index is 670. The Morgan fingerprint density at radius 2 is 2.10 bits per heavy atom. The molecule has 1 aliphatic rings. The van der Waals surface area contributed by atoms with E-state index in [1.54, 1.807) is 6.07 Å². The van der Waals surface area contributed by atoms with Crippen molar-refractivity contribution in [2.45, 2.75) is 19.3 Å². The van der Waals surface area contributed by atoms with E-state index in [-0.39, 0.29) is 12.3 Å². The first kappa shape index (κ1) is 14.0. The Balaban J connectivity index is 1.69. The summed E-state index contributed by atoms with van der Waals surface area (Å²) in [5.74, 6) is -0.0492. The van der Waals surface area contributed by atoms with E-state index in [2.05, 4.69) is 10.6 Å². The van der Waals surface area contributed by atoms with E-state index in [1.165, 1.54) is 11.3 Å². The topological polar surface area (TPSA) is 41.1 Å². The van der Waals surface area contributed by atoms with Gasteiger partial charge in [-0.1, -0.05) is 29.8 Å². The zero-order valence-electron chi connectivity index (χ0n) is 11.7. The van der Waals surface area contributed by atoms with Gasteiger partial charge in [0, 0.05) is 22.9 Å². The van der Waals surface area contributed by atoms with Crippen molar-refractivity contribution in [1.29, 1.82) is 0 Å². The summed E-state index contributed by atoms with van der Waals surface area (Å²) in [5.41, 5.74) is 4.12. The van der Waals surface area contributed by atoms with Gasteiger partial charge in [0.05, 0.1) is 6.42 Å². The summed E-state index contributed by atoms with van der Waals surface area (Å²) in [7, 11) is 0. The molecular weight excluding hydrogens is 284 g/mol. The van der Waals surface area contributed by atoms with Crippen LogP contribution in [0, 0.1) is 0 Å². The molecule has 1 heterocycles. The van der Waals surface area contributed by atoms with Crippen LogP contribution in [0.15, 0.2) is 42.5 Å². The van der Waals surface area contributed by atoms with E-state index in [0.29, 0.717) is 5.02 Å². The maximum atomic E-state index is 12.1. The van der Waals surface area contributed by atoms with Crippen LogP contribution in [0.25, 0.3) is 0 Å². The van der Waals surface area contributed by atoms with Crippen molar-refractivity contribution in [3.05, 3.63) is 58.6 Å². The van der Waals surface area contributed by atoms with Gasteiger partial charge in [0.25, 0.3) is 0 Å². The highest BCUT2D eigenvalue weighted by molar-refractivity contribution is 6.31. The molecule has 0 fully saturated rings. The Labute approximate surface area is 129 Å². The second-order valence-electron chi connectivity index (χ2n) is 5.22. The molecular formula is C17H17ClN2O. The van der Waals surface area contributed by atoms with E-state index in [0.717, 1.165) is 30.6 Å². The van der Waals surface area contributed by atoms with Gasteiger partial charge < -0.3 is 10.6 Å². The number of anilines is 2. The van der Waals surface area contributed by atoms with Crippen LogP contribution >= 0.6 is 11.6 Å². The number of aryl methyl sites for hydroxylation is 1. The van der Waals surface area contributed by atoms with Crippen molar-refractivity contribution in [3.63, 3.8) is 0 Å². The number of hydrogen-bond donors (Lipinski definition) is 2. The van der Waals surface area contributed by atoms with E-state index in [4.69, 9.17) is 11.6 Å². The van der Waals surface area contributed by atoms with Crippen LogP contribution in [0.1, 0.15) is 17.5 Å². The molecule has 1 amide bonds. The lowest BCUT2D eigenvalue weighted by Gasteiger charge is -2.18. The van der Waals surface area contributed by atoms with Gasteiger partial charge in [-0.3, -0.25) is 4.79 Å². The van der Waals surface area contributed by atoms with Gasteiger partial charge >= 0.3 is 0 Å². The summed E-state index contributed by atoms with van der Waals surface area (Å²) in [6.07, 6.45) is 2.47. The van der Waals surface area contributed by atoms with Crippen LogP contribution in [0.2, 0.25) is 5.02 Å². The van der Waals surface area contributed by atoms with E-state index in [1.807, 2.05) is 36.4 Å². The SMILES string of the molecule is O=C(Cc1ccccc1Cl)Nc1ccc2c(c1)CCCN2. The van der Waals surface area contributed by atoms with Gasteiger partial charge in [0.1, 0.15) is 0 Å². The highest BCUT2D eigenvalue weighted by Gasteiger charge is 2.11. The monoisotopic (exact) mass is 300 g/mol. The van der Waals surface area contributed by atoms with Crippen LogP contribution in [-0.2, 0) is 17.6 Å². The maximum absolute atomic E-state index is 12.1. The van der Waals surface area contributed by atoms with E-state index >= 15 is 0 Å². The Morgan fingerprint density at radius 1 is 1.24 bits per heavy atom. The van der Waals surface area contributed by atoms with E-state index in [9.17, 15) is 4.79 Å². The minimum Gasteiger partial charge on any atom is -0.385 e. The molecule has 2 N–H and O–H groups in total. The lowest BCUT2D eigenvalue weighted by Crippen LogP contribution is -2.16. The van der Waals surface area contributed by atoms with Gasteiger partial charge in [-0.25, -0.2) is 0 Å². The van der Waals surface area contributed by atoms with Gasteiger partial charge in [-0.2, -0.15) is 0 Å². The quantitative estimate of drug-likeness (QED) is 0.903. The summed E-state index contributed by atoms with van der Waals surface area (Å²) >= 11 is 6.08. The average molecular weight is 301 g/mol. The molecule has 0 aliphatic carbocycles. The summed E-state index contributed by atoms with van der Waals surface area (Å²) < 4.78 is 0. The van der Waals surface area contributed by atoms with Crippen molar-refractivity contribution >= 4 is 28.9 Å². The van der Waals surface area contributed by atoms with Crippen LogP contribution in [0.5, 0.6) is 0 Å². The van der Waals surface area contributed by atoms with Crippen LogP contribution in [0.4, 0.5) is 11.4 Å². The molecule has 4 heteroatoms. The van der Waals surface area contributed by atoms with Crippen LogP contribution in [-0.4, -0.2) is 12.5 Å². The first-order chi connectivity index (χ1) is 10.2. The lowest BCUT2D eigenvalue weighted by molar-refractivity contribution is -0.115. The first-order valence-corrected chi connectivity index (χ1v) is 7.50. The Hall–Kier alpha value is -2.00. The summed E-state index contributed by atoms with van der Waals surface area (Å²) in [4.78, 5) is 12.1.